The van der Waals surface area contributed by atoms with Crippen molar-refractivity contribution in [2.24, 2.45) is 0 Å². The molecule has 4 nitrogen and oxygen atoms in total. The van der Waals surface area contributed by atoms with Crippen molar-refractivity contribution in [3.05, 3.63) is 46.9 Å². The van der Waals surface area contributed by atoms with Crippen LogP contribution in [0.4, 0.5) is 0 Å². The zero-order valence-electron chi connectivity index (χ0n) is 13.8. The Morgan fingerprint density at radius 3 is 2.71 bits per heavy atom. The summed E-state index contributed by atoms with van der Waals surface area (Å²) in [6.45, 7) is 9.21. The van der Waals surface area contributed by atoms with Gasteiger partial charge in [0, 0.05) is 26.3 Å². The molecule has 0 fully saturated rings. The van der Waals surface area contributed by atoms with Gasteiger partial charge in [0.1, 0.15) is 19.4 Å². The number of allylic oxidation sites excluding steroid dienone is 5. The standard InChI is InChI=1S/C17H26N2O2/c1-13(2)17(21-12-20-6)8-7-14(3)15-11-19(5)10-9-16(15)18-4/h7-8,11H,1,9-10,12H2,2-6H3/p+1/b14-7+,17-8+. The van der Waals surface area contributed by atoms with E-state index < -0.39 is 0 Å². The molecule has 0 radical (unpaired) electrons. The first kappa shape index (κ1) is 17.2. The van der Waals surface area contributed by atoms with Crippen molar-refractivity contribution in [1.29, 1.82) is 0 Å². The van der Waals surface area contributed by atoms with Crippen LogP contribution in [-0.2, 0) is 9.47 Å². The Morgan fingerprint density at radius 1 is 1.43 bits per heavy atom. The largest absolute Gasteiger partial charge is 0.467 e. The maximum Gasteiger partial charge on any atom is 0.188 e. The summed E-state index contributed by atoms with van der Waals surface area (Å²) in [5.41, 5.74) is 4.56. The molecule has 0 amide bonds. The SMILES string of the molecule is C=C(C)/C(=C\C=C(/C)C1=C(NC)CC[N+](C)=C1)OCOC. The topological polar surface area (TPSA) is 33.5 Å². The first-order chi connectivity index (χ1) is 9.99. The van der Waals surface area contributed by atoms with Crippen molar-refractivity contribution in [1.82, 2.24) is 5.32 Å². The van der Waals surface area contributed by atoms with Crippen molar-refractivity contribution < 1.29 is 14.0 Å². The Morgan fingerprint density at radius 2 is 2.14 bits per heavy atom. The zero-order chi connectivity index (χ0) is 15.8. The number of methoxy groups -OCH3 is 1. The fraction of sp³-hybridized carbons (Fsp3) is 0.471. The van der Waals surface area contributed by atoms with Gasteiger partial charge in [-0.15, -0.1) is 0 Å². The van der Waals surface area contributed by atoms with Gasteiger partial charge in [-0.2, -0.15) is 0 Å². The van der Waals surface area contributed by atoms with Gasteiger partial charge in [0.15, 0.2) is 13.0 Å². The summed E-state index contributed by atoms with van der Waals surface area (Å²) in [5, 5.41) is 3.29. The van der Waals surface area contributed by atoms with Crippen LogP contribution in [0, 0.1) is 0 Å². The molecular formula is C17H27N2O2+. The van der Waals surface area contributed by atoms with E-state index in [2.05, 4.69) is 42.7 Å². The highest BCUT2D eigenvalue weighted by Gasteiger charge is 2.16. The van der Waals surface area contributed by atoms with Crippen LogP contribution in [0.1, 0.15) is 20.3 Å². The summed E-state index contributed by atoms with van der Waals surface area (Å²) in [6, 6.07) is 0. The summed E-state index contributed by atoms with van der Waals surface area (Å²) < 4.78 is 12.7. The van der Waals surface area contributed by atoms with Crippen LogP contribution in [0.15, 0.2) is 46.9 Å². The van der Waals surface area contributed by atoms with E-state index in [-0.39, 0.29) is 6.79 Å². The summed E-state index contributed by atoms with van der Waals surface area (Å²) in [6.07, 6.45) is 7.20. The summed E-state index contributed by atoms with van der Waals surface area (Å²) in [5.74, 6) is 0.743. The van der Waals surface area contributed by atoms with Gasteiger partial charge in [-0.3, -0.25) is 0 Å². The van der Waals surface area contributed by atoms with Gasteiger partial charge >= 0.3 is 0 Å². The van der Waals surface area contributed by atoms with Crippen LogP contribution in [0.2, 0.25) is 0 Å². The number of nitrogens with one attached hydrogen (secondary N) is 1. The molecule has 1 aliphatic rings. The highest BCUT2D eigenvalue weighted by atomic mass is 16.7. The minimum absolute atomic E-state index is 0.227. The van der Waals surface area contributed by atoms with Crippen molar-refractivity contribution in [2.45, 2.75) is 20.3 Å². The van der Waals surface area contributed by atoms with E-state index >= 15 is 0 Å². The van der Waals surface area contributed by atoms with E-state index in [0.29, 0.717) is 0 Å². The van der Waals surface area contributed by atoms with Crippen LogP contribution in [0.3, 0.4) is 0 Å². The molecule has 0 unspecified atom stereocenters. The first-order valence-electron chi connectivity index (χ1n) is 7.12. The van der Waals surface area contributed by atoms with Gasteiger partial charge in [-0.1, -0.05) is 12.7 Å². The third-order valence-corrected chi connectivity index (χ3v) is 3.35. The molecule has 116 valence electrons. The van der Waals surface area contributed by atoms with E-state index in [9.17, 15) is 0 Å². The van der Waals surface area contributed by atoms with Gasteiger partial charge in [-0.05, 0) is 31.1 Å². The fourth-order valence-electron chi connectivity index (χ4n) is 2.11. The second-order valence-electron chi connectivity index (χ2n) is 5.21. The molecule has 4 heteroatoms. The molecule has 1 aliphatic heterocycles. The lowest BCUT2D eigenvalue weighted by molar-refractivity contribution is -0.493. The van der Waals surface area contributed by atoms with Crippen LogP contribution in [-0.4, -0.2) is 45.3 Å². The van der Waals surface area contributed by atoms with Crippen LogP contribution in [0.5, 0.6) is 0 Å². The number of hydrogen-bond donors (Lipinski definition) is 1. The summed E-state index contributed by atoms with van der Waals surface area (Å²) in [4.78, 5) is 0. The fourth-order valence-corrected chi connectivity index (χ4v) is 2.11. The molecule has 1 rings (SSSR count). The first-order valence-corrected chi connectivity index (χ1v) is 7.12. The Labute approximate surface area is 128 Å². The van der Waals surface area contributed by atoms with E-state index in [1.165, 1.54) is 16.8 Å². The lowest BCUT2D eigenvalue weighted by Crippen LogP contribution is -2.23. The van der Waals surface area contributed by atoms with Gasteiger partial charge in [0.25, 0.3) is 0 Å². The molecule has 0 aromatic heterocycles. The quantitative estimate of drug-likeness (QED) is 0.339. The molecule has 1 N–H and O–H groups in total. The minimum atomic E-state index is 0.227. The van der Waals surface area contributed by atoms with Gasteiger partial charge in [0.2, 0.25) is 0 Å². The molecule has 0 saturated heterocycles. The van der Waals surface area contributed by atoms with Gasteiger partial charge in [-0.25, -0.2) is 4.58 Å². The average Bonchev–Trinajstić information content (AvgIpc) is 2.46. The van der Waals surface area contributed by atoms with E-state index in [4.69, 9.17) is 9.47 Å². The summed E-state index contributed by atoms with van der Waals surface area (Å²) >= 11 is 0. The van der Waals surface area contributed by atoms with Crippen LogP contribution < -0.4 is 5.32 Å². The third-order valence-electron chi connectivity index (χ3n) is 3.35. The average molecular weight is 291 g/mol. The maximum atomic E-state index is 5.51. The van der Waals surface area contributed by atoms with E-state index in [1.807, 2.05) is 20.0 Å². The Balaban J connectivity index is 3.01. The van der Waals surface area contributed by atoms with Gasteiger partial charge in [0.05, 0.1) is 5.57 Å². The predicted octanol–water partition coefficient (Wildman–Crippen LogP) is 2.60. The predicted molar refractivity (Wildman–Crippen MR) is 87.4 cm³/mol. The second kappa shape index (κ2) is 8.47. The monoisotopic (exact) mass is 291 g/mol. The molecule has 0 aromatic carbocycles. The van der Waals surface area contributed by atoms with E-state index in [1.54, 1.807) is 7.11 Å². The van der Waals surface area contributed by atoms with Crippen molar-refractivity contribution in [3.63, 3.8) is 0 Å². The molecule has 0 atom stereocenters. The van der Waals surface area contributed by atoms with Crippen molar-refractivity contribution in [3.8, 4) is 0 Å². The van der Waals surface area contributed by atoms with E-state index in [0.717, 1.165) is 24.3 Å². The molecule has 1 heterocycles. The molecule has 21 heavy (non-hydrogen) atoms. The van der Waals surface area contributed by atoms with Crippen LogP contribution in [0.25, 0.3) is 0 Å². The number of ether oxygens (including phenoxy) is 2. The van der Waals surface area contributed by atoms with Crippen molar-refractivity contribution in [2.75, 3.05) is 34.5 Å². The maximum absolute atomic E-state index is 5.51. The third kappa shape index (κ3) is 5.23. The Hall–Kier alpha value is -1.81. The number of nitrogens with zero attached hydrogens (tertiary/aromatic N) is 1. The molecule has 0 spiro atoms. The highest BCUT2D eigenvalue weighted by molar-refractivity contribution is 5.82. The van der Waals surface area contributed by atoms with Crippen LogP contribution >= 0.6 is 0 Å². The minimum Gasteiger partial charge on any atom is -0.467 e. The summed E-state index contributed by atoms with van der Waals surface area (Å²) in [7, 11) is 5.67. The molecule has 0 saturated carbocycles. The Bertz CT molecular complexity index is 511. The molecular weight excluding hydrogens is 264 g/mol. The number of hydrogen-bond acceptors (Lipinski definition) is 3. The molecule has 0 aromatic rings. The highest BCUT2D eigenvalue weighted by Crippen LogP contribution is 2.18. The molecule has 0 aliphatic carbocycles. The second-order valence-corrected chi connectivity index (χ2v) is 5.21. The zero-order valence-corrected chi connectivity index (χ0v) is 13.8. The normalized spacial score (nSPS) is 16.7. The Kier molecular flexibility index (Phi) is 6.96. The lowest BCUT2D eigenvalue weighted by atomic mass is 10.0. The number of rotatable bonds is 7. The smallest absolute Gasteiger partial charge is 0.188 e. The molecule has 0 bridgehead atoms. The van der Waals surface area contributed by atoms with Crippen molar-refractivity contribution >= 4 is 6.21 Å². The lowest BCUT2D eigenvalue weighted by Gasteiger charge is -2.15. The van der Waals surface area contributed by atoms with Gasteiger partial charge < -0.3 is 14.8 Å².